The summed E-state index contributed by atoms with van der Waals surface area (Å²) in [5, 5.41) is 0. The molecule has 21 heavy (non-hydrogen) atoms. The van der Waals surface area contributed by atoms with E-state index < -0.39 is 0 Å². The number of carbonyl (C=O) groups excluding carboxylic acids is 1. The highest BCUT2D eigenvalue weighted by Gasteiger charge is 2.37. The van der Waals surface area contributed by atoms with Crippen LogP contribution in [0.15, 0.2) is 41.5 Å². The van der Waals surface area contributed by atoms with E-state index in [1.807, 2.05) is 30.3 Å². The topological polar surface area (TPSA) is 35.5 Å². The second-order valence-electron chi connectivity index (χ2n) is 5.82. The summed E-state index contributed by atoms with van der Waals surface area (Å²) in [5.41, 5.74) is 3.09. The maximum absolute atomic E-state index is 12.3. The predicted octanol–water partition coefficient (Wildman–Crippen LogP) is 3.64. The Labute approximate surface area is 125 Å². The van der Waals surface area contributed by atoms with Crippen LogP contribution >= 0.6 is 0 Å². The van der Waals surface area contributed by atoms with E-state index >= 15 is 0 Å². The fourth-order valence-electron chi connectivity index (χ4n) is 3.46. The molecule has 1 saturated carbocycles. The third-order valence-electron chi connectivity index (χ3n) is 4.55. The molecule has 0 radical (unpaired) electrons. The van der Waals surface area contributed by atoms with Gasteiger partial charge < -0.3 is 9.47 Å². The molecule has 3 heteroatoms. The molecule has 1 aromatic rings. The molecule has 0 unspecified atom stereocenters. The molecule has 0 bridgehead atoms. The van der Waals surface area contributed by atoms with Gasteiger partial charge in [-0.25, -0.2) is 4.79 Å². The number of esters is 1. The molecule has 2 atom stereocenters. The summed E-state index contributed by atoms with van der Waals surface area (Å²) in [6.45, 7) is 2.90. The van der Waals surface area contributed by atoms with Gasteiger partial charge in [-0.1, -0.05) is 42.8 Å². The first-order valence-corrected chi connectivity index (χ1v) is 7.84. The van der Waals surface area contributed by atoms with Crippen LogP contribution in [-0.2, 0) is 20.9 Å². The third-order valence-corrected chi connectivity index (χ3v) is 4.55. The lowest BCUT2D eigenvalue weighted by Gasteiger charge is -2.30. The van der Waals surface area contributed by atoms with Gasteiger partial charge in [-0.05, 0) is 31.2 Å². The van der Waals surface area contributed by atoms with Crippen LogP contribution in [-0.4, -0.2) is 18.7 Å². The van der Waals surface area contributed by atoms with Gasteiger partial charge in [0.1, 0.15) is 6.61 Å². The van der Waals surface area contributed by atoms with Crippen LogP contribution < -0.4 is 0 Å². The summed E-state index contributed by atoms with van der Waals surface area (Å²) in [7, 11) is 0. The van der Waals surface area contributed by atoms with Crippen LogP contribution in [0.1, 0.15) is 38.2 Å². The van der Waals surface area contributed by atoms with Crippen molar-refractivity contribution in [2.45, 2.75) is 45.3 Å². The Kier molecular flexibility index (Phi) is 4.39. The minimum atomic E-state index is -0.199. The number of fused-ring (bicyclic) bond motifs is 1. The smallest absolute Gasteiger partial charge is 0.336 e. The van der Waals surface area contributed by atoms with Gasteiger partial charge in [-0.3, -0.25) is 0 Å². The molecule has 1 fully saturated rings. The lowest BCUT2D eigenvalue weighted by Crippen LogP contribution is -2.32. The lowest BCUT2D eigenvalue weighted by molar-refractivity contribution is -0.142. The van der Waals surface area contributed by atoms with Gasteiger partial charge in [-0.15, -0.1) is 0 Å². The van der Waals surface area contributed by atoms with Crippen LogP contribution in [0.5, 0.6) is 0 Å². The molecule has 0 aromatic heterocycles. The predicted molar refractivity (Wildman–Crippen MR) is 80.6 cm³/mol. The number of benzene rings is 1. The lowest BCUT2D eigenvalue weighted by atomic mass is 9.88. The Balaban J connectivity index is 1.69. The molecule has 1 aromatic carbocycles. The average Bonchev–Trinajstić information content (AvgIpc) is 3.02. The van der Waals surface area contributed by atoms with Crippen LogP contribution in [0.3, 0.4) is 0 Å². The summed E-state index contributed by atoms with van der Waals surface area (Å²) in [6, 6.07) is 9.79. The molecule has 0 spiro atoms. The highest BCUT2D eigenvalue weighted by Crippen LogP contribution is 2.41. The third kappa shape index (κ3) is 3.03. The first-order valence-electron chi connectivity index (χ1n) is 7.84. The molecule has 1 aliphatic heterocycles. The molecule has 2 aliphatic rings. The van der Waals surface area contributed by atoms with E-state index in [0.29, 0.717) is 19.1 Å². The van der Waals surface area contributed by atoms with E-state index in [9.17, 15) is 4.79 Å². The van der Waals surface area contributed by atoms with Crippen molar-refractivity contribution >= 4 is 5.97 Å². The number of carbonyl (C=O) groups is 1. The van der Waals surface area contributed by atoms with Gasteiger partial charge in [-0.2, -0.15) is 0 Å². The standard InChI is InChI=1S/C18H22O3/c1-2-17-15-10-6-9-14(15)16(12-20-17)18(19)21-11-13-7-4-3-5-8-13/h3-5,7-8,15,17H,2,6,9-12H2,1H3/t15-,17-/m0/s1. The van der Waals surface area contributed by atoms with Gasteiger partial charge in [0.05, 0.1) is 18.3 Å². The molecule has 112 valence electrons. The fourth-order valence-corrected chi connectivity index (χ4v) is 3.46. The van der Waals surface area contributed by atoms with E-state index in [0.717, 1.165) is 36.8 Å². The van der Waals surface area contributed by atoms with Crippen LogP contribution in [0.4, 0.5) is 0 Å². The Morgan fingerprint density at radius 1 is 1.33 bits per heavy atom. The van der Waals surface area contributed by atoms with Crippen LogP contribution in [0.2, 0.25) is 0 Å². The zero-order chi connectivity index (χ0) is 14.7. The van der Waals surface area contributed by atoms with E-state index in [1.54, 1.807) is 0 Å². The van der Waals surface area contributed by atoms with Crippen molar-refractivity contribution in [3.05, 3.63) is 47.0 Å². The highest BCUT2D eigenvalue weighted by atomic mass is 16.5. The van der Waals surface area contributed by atoms with Crippen molar-refractivity contribution in [3.8, 4) is 0 Å². The van der Waals surface area contributed by atoms with Crippen molar-refractivity contribution in [3.63, 3.8) is 0 Å². The number of hydrogen-bond donors (Lipinski definition) is 0. The first kappa shape index (κ1) is 14.3. The normalized spacial score (nSPS) is 24.8. The fraction of sp³-hybridized carbons (Fsp3) is 0.500. The van der Waals surface area contributed by atoms with Gasteiger partial charge in [0.2, 0.25) is 0 Å². The number of rotatable bonds is 4. The molecular weight excluding hydrogens is 264 g/mol. The largest absolute Gasteiger partial charge is 0.457 e. The Morgan fingerprint density at radius 2 is 2.14 bits per heavy atom. The minimum Gasteiger partial charge on any atom is -0.457 e. The van der Waals surface area contributed by atoms with E-state index in [-0.39, 0.29) is 12.1 Å². The highest BCUT2D eigenvalue weighted by molar-refractivity contribution is 5.90. The van der Waals surface area contributed by atoms with Crippen molar-refractivity contribution in [1.82, 2.24) is 0 Å². The maximum atomic E-state index is 12.3. The Morgan fingerprint density at radius 3 is 2.90 bits per heavy atom. The van der Waals surface area contributed by atoms with Crippen molar-refractivity contribution in [1.29, 1.82) is 0 Å². The van der Waals surface area contributed by atoms with E-state index in [1.165, 1.54) is 5.57 Å². The van der Waals surface area contributed by atoms with Crippen molar-refractivity contribution in [2.75, 3.05) is 6.61 Å². The average molecular weight is 286 g/mol. The molecule has 0 N–H and O–H groups in total. The summed E-state index contributed by atoms with van der Waals surface area (Å²) in [4.78, 5) is 12.3. The van der Waals surface area contributed by atoms with Crippen LogP contribution in [0, 0.1) is 5.92 Å². The summed E-state index contributed by atoms with van der Waals surface area (Å²) in [5.74, 6) is 0.235. The summed E-state index contributed by atoms with van der Waals surface area (Å²) >= 11 is 0. The Bertz CT molecular complexity index is 533. The molecule has 3 nitrogen and oxygen atoms in total. The molecule has 0 saturated heterocycles. The van der Waals surface area contributed by atoms with E-state index in [2.05, 4.69) is 6.92 Å². The monoisotopic (exact) mass is 286 g/mol. The minimum absolute atomic E-state index is 0.199. The Hall–Kier alpha value is -1.61. The number of hydrogen-bond acceptors (Lipinski definition) is 3. The quantitative estimate of drug-likeness (QED) is 0.793. The molecule has 1 heterocycles. The van der Waals surface area contributed by atoms with Gasteiger partial charge in [0, 0.05) is 5.92 Å². The second-order valence-corrected chi connectivity index (χ2v) is 5.82. The van der Waals surface area contributed by atoms with Gasteiger partial charge in [0.25, 0.3) is 0 Å². The molecular formula is C18H22O3. The molecule has 3 rings (SSSR count). The van der Waals surface area contributed by atoms with Gasteiger partial charge >= 0.3 is 5.97 Å². The van der Waals surface area contributed by atoms with Gasteiger partial charge in [0.15, 0.2) is 0 Å². The van der Waals surface area contributed by atoms with E-state index in [4.69, 9.17) is 9.47 Å². The molecule has 0 amide bonds. The van der Waals surface area contributed by atoms with Crippen molar-refractivity contribution < 1.29 is 14.3 Å². The summed E-state index contributed by atoms with van der Waals surface area (Å²) in [6.07, 6.45) is 4.63. The zero-order valence-corrected chi connectivity index (χ0v) is 12.5. The summed E-state index contributed by atoms with van der Waals surface area (Å²) < 4.78 is 11.3. The SMILES string of the molecule is CC[C@@H]1OCC(C(=O)OCc2ccccc2)=C2CCC[C@@H]21. The maximum Gasteiger partial charge on any atom is 0.336 e. The first-order chi connectivity index (χ1) is 10.3. The molecule has 1 aliphatic carbocycles. The van der Waals surface area contributed by atoms with Crippen LogP contribution in [0.25, 0.3) is 0 Å². The van der Waals surface area contributed by atoms with Crippen molar-refractivity contribution in [2.24, 2.45) is 5.92 Å². The number of ether oxygens (including phenoxy) is 2. The second kappa shape index (κ2) is 6.44. The zero-order valence-electron chi connectivity index (χ0n) is 12.5.